The lowest BCUT2D eigenvalue weighted by Crippen LogP contribution is -2.44. The first-order valence-electron chi connectivity index (χ1n) is 10.4. The molecule has 0 fully saturated rings. The number of hydrogen-bond donors (Lipinski definition) is 0. The average molecular weight is 479 g/mol. The van der Waals surface area contributed by atoms with E-state index in [4.69, 9.17) is 0 Å². The van der Waals surface area contributed by atoms with Gasteiger partial charge in [-0.15, -0.1) is 0 Å². The maximum absolute atomic E-state index is 15.8. The summed E-state index contributed by atoms with van der Waals surface area (Å²) in [6.07, 6.45) is 0.808. The molecule has 2 unspecified atom stereocenters. The fraction of sp³-hybridized carbons (Fsp3) is 0.125. The number of aryl methyl sites for hydroxylation is 1. The van der Waals surface area contributed by atoms with Crippen molar-refractivity contribution < 1.29 is 13.7 Å². The van der Waals surface area contributed by atoms with Gasteiger partial charge in [0.15, 0.2) is 0 Å². The standard InChI is InChI=1S/C24H19F2N5O4/c1-28-15-16(14-27-28)12-13-19-20(31(34)35)23(32)30(22(26)18-10-6-3-7-11-18)24(33)29(19)21(25)17-8-4-2-5-9-17/h2-15,21-22H,1H3/b13-12+. The molecule has 2 aromatic carbocycles. The van der Waals surface area contributed by atoms with Crippen LogP contribution in [0.15, 0.2) is 82.6 Å². The van der Waals surface area contributed by atoms with E-state index in [0.29, 0.717) is 10.1 Å². The van der Waals surface area contributed by atoms with Gasteiger partial charge in [-0.2, -0.15) is 5.10 Å². The molecule has 0 spiro atoms. The predicted molar refractivity (Wildman–Crippen MR) is 125 cm³/mol. The van der Waals surface area contributed by atoms with Crippen molar-refractivity contribution in [3.63, 3.8) is 0 Å². The van der Waals surface area contributed by atoms with E-state index in [1.54, 1.807) is 25.4 Å². The second-order valence-electron chi connectivity index (χ2n) is 7.59. The molecule has 35 heavy (non-hydrogen) atoms. The summed E-state index contributed by atoms with van der Waals surface area (Å²) in [7, 11) is 1.65. The lowest BCUT2D eigenvalue weighted by molar-refractivity contribution is -0.387. The highest BCUT2D eigenvalue weighted by Crippen LogP contribution is 2.26. The Bertz CT molecular complexity index is 1510. The molecule has 178 valence electrons. The quantitative estimate of drug-likeness (QED) is 0.296. The molecular weight excluding hydrogens is 460 g/mol. The molecule has 11 heteroatoms. The number of benzene rings is 2. The van der Waals surface area contributed by atoms with Crippen LogP contribution in [0.2, 0.25) is 0 Å². The summed E-state index contributed by atoms with van der Waals surface area (Å²) in [5.74, 6) is 0. The molecule has 0 radical (unpaired) electrons. The van der Waals surface area contributed by atoms with Crippen LogP contribution in [0.5, 0.6) is 0 Å². The van der Waals surface area contributed by atoms with Crippen molar-refractivity contribution in [1.82, 2.24) is 18.9 Å². The highest BCUT2D eigenvalue weighted by molar-refractivity contribution is 5.71. The summed E-state index contributed by atoms with van der Waals surface area (Å²) in [4.78, 5) is 37.4. The molecular formula is C24H19F2N5O4. The number of nitrogens with zero attached hydrogens (tertiary/aromatic N) is 5. The SMILES string of the molecule is Cn1cc(/C=C/c2c([N+](=O)[O-])c(=O)n(C(F)c3ccccc3)c(=O)n2C(F)c2ccccc2)cn1. The van der Waals surface area contributed by atoms with Crippen molar-refractivity contribution in [2.45, 2.75) is 12.6 Å². The fourth-order valence-electron chi connectivity index (χ4n) is 3.62. The van der Waals surface area contributed by atoms with E-state index in [1.807, 2.05) is 0 Å². The minimum Gasteiger partial charge on any atom is -0.275 e. The summed E-state index contributed by atoms with van der Waals surface area (Å²) >= 11 is 0. The molecule has 0 saturated heterocycles. The number of nitro groups is 1. The Morgan fingerprint density at radius 2 is 1.46 bits per heavy atom. The van der Waals surface area contributed by atoms with Crippen LogP contribution in [0.25, 0.3) is 12.2 Å². The Morgan fingerprint density at radius 1 is 0.914 bits per heavy atom. The zero-order valence-electron chi connectivity index (χ0n) is 18.4. The van der Waals surface area contributed by atoms with Gasteiger partial charge in [0.1, 0.15) is 5.69 Å². The Kier molecular flexibility index (Phi) is 6.49. The minimum absolute atomic E-state index is 0.0137. The van der Waals surface area contributed by atoms with Crippen LogP contribution >= 0.6 is 0 Å². The third kappa shape index (κ3) is 4.56. The van der Waals surface area contributed by atoms with Crippen LogP contribution in [-0.4, -0.2) is 23.8 Å². The Hall–Kier alpha value is -4.67. The molecule has 0 aliphatic heterocycles. The molecule has 0 amide bonds. The van der Waals surface area contributed by atoms with Crippen LogP contribution in [0.1, 0.15) is 35.0 Å². The van der Waals surface area contributed by atoms with E-state index < -0.39 is 40.1 Å². The van der Waals surface area contributed by atoms with Crippen LogP contribution in [0.3, 0.4) is 0 Å². The number of alkyl halides is 2. The van der Waals surface area contributed by atoms with Crippen LogP contribution in [0.4, 0.5) is 14.5 Å². The third-order valence-corrected chi connectivity index (χ3v) is 5.28. The van der Waals surface area contributed by atoms with Gasteiger partial charge in [0.05, 0.1) is 11.1 Å². The zero-order valence-corrected chi connectivity index (χ0v) is 18.4. The molecule has 4 rings (SSSR count). The summed E-state index contributed by atoms with van der Waals surface area (Å²) in [6.45, 7) is 0. The van der Waals surface area contributed by atoms with Gasteiger partial charge in [-0.3, -0.25) is 24.2 Å². The largest absolute Gasteiger partial charge is 0.357 e. The topological polar surface area (TPSA) is 105 Å². The van der Waals surface area contributed by atoms with Gasteiger partial charge in [-0.1, -0.05) is 60.7 Å². The van der Waals surface area contributed by atoms with Crippen LogP contribution in [0, 0.1) is 10.1 Å². The zero-order chi connectivity index (χ0) is 25.1. The smallest absolute Gasteiger partial charge is 0.275 e. The molecule has 2 atom stereocenters. The molecule has 4 aromatic rings. The molecule has 0 aliphatic rings. The normalized spacial score (nSPS) is 13.1. The van der Waals surface area contributed by atoms with Gasteiger partial charge in [-0.25, -0.2) is 18.1 Å². The Morgan fingerprint density at radius 3 is 1.94 bits per heavy atom. The van der Waals surface area contributed by atoms with E-state index in [1.165, 1.54) is 65.5 Å². The first-order chi connectivity index (χ1) is 16.8. The van der Waals surface area contributed by atoms with E-state index in [0.717, 1.165) is 6.08 Å². The first kappa shape index (κ1) is 23.5. The van der Waals surface area contributed by atoms with Crippen LogP contribution < -0.4 is 11.2 Å². The van der Waals surface area contributed by atoms with Crippen molar-refractivity contribution in [3.8, 4) is 0 Å². The Balaban J connectivity index is 2.04. The highest BCUT2D eigenvalue weighted by atomic mass is 19.1. The number of aromatic nitrogens is 4. The monoisotopic (exact) mass is 479 g/mol. The van der Waals surface area contributed by atoms with E-state index in [9.17, 15) is 19.7 Å². The molecule has 9 nitrogen and oxygen atoms in total. The van der Waals surface area contributed by atoms with Crippen molar-refractivity contribution in [3.05, 3.63) is 126 Å². The van der Waals surface area contributed by atoms with Gasteiger partial charge in [-0.05, 0) is 12.2 Å². The second-order valence-corrected chi connectivity index (χ2v) is 7.59. The fourth-order valence-corrected chi connectivity index (χ4v) is 3.62. The van der Waals surface area contributed by atoms with E-state index in [2.05, 4.69) is 5.10 Å². The third-order valence-electron chi connectivity index (χ3n) is 5.28. The van der Waals surface area contributed by atoms with Crippen LogP contribution in [-0.2, 0) is 7.05 Å². The maximum atomic E-state index is 15.8. The van der Waals surface area contributed by atoms with Crippen molar-refractivity contribution in [2.75, 3.05) is 0 Å². The van der Waals surface area contributed by atoms with Crippen molar-refractivity contribution in [2.24, 2.45) is 7.05 Å². The summed E-state index contributed by atoms with van der Waals surface area (Å²) in [6, 6.07) is 14.6. The average Bonchev–Trinajstić information content (AvgIpc) is 3.28. The molecule has 0 bridgehead atoms. The predicted octanol–water partition coefficient (Wildman–Crippen LogP) is 3.85. The van der Waals surface area contributed by atoms with E-state index in [-0.39, 0.29) is 15.7 Å². The second kappa shape index (κ2) is 9.67. The number of halogens is 2. The summed E-state index contributed by atoms with van der Waals surface area (Å²) < 4.78 is 33.2. The summed E-state index contributed by atoms with van der Waals surface area (Å²) in [5.41, 5.74) is -4.24. The van der Waals surface area contributed by atoms with E-state index >= 15 is 8.78 Å². The molecule has 2 aromatic heterocycles. The minimum atomic E-state index is -2.37. The Labute approximate surface area is 197 Å². The first-order valence-corrected chi connectivity index (χ1v) is 10.4. The van der Waals surface area contributed by atoms with Gasteiger partial charge >= 0.3 is 16.9 Å². The maximum Gasteiger partial charge on any atom is 0.357 e. The van der Waals surface area contributed by atoms with Crippen molar-refractivity contribution >= 4 is 17.8 Å². The van der Waals surface area contributed by atoms with Crippen molar-refractivity contribution in [1.29, 1.82) is 0 Å². The van der Waals surface area contributed by atoms with Gasteiger partial charge in [0.2, 0.25) is 12.6 Å². The highest BCUT2D eigenvalue weighted by Gasteiger charge is 2.33. The lowest BCUT2D eigenvalue weighted by Gasteiger charge is -2.19. The van der Waals surface area contributed by atoms with Gasteiger partial charge in [0, 0.05) is 29.9 Å². The molecule has 0 aliphatic carbocycles. The number of hydrogen-bond acceptors (Lipinski definition) is 5. The lowest BCUT2D eigenvalue weighted by atomic mass is 10.1. The molecule has 0 saturated carbocycles. The molecule has 2 heterocycles. The van der Waals surface area contributed by atoms with Gasteiger partial charge in [0.25, 0.3) is 0 Å². The number of rotatable bonds is 7. The van der Waals surface area contributed by atoms with Gasteiger partial charge < -0.3 is 0 Å². The summed E-state index contributed by atoms with van der Waals surface area (Å²) in [5, 5.41) is 15.9. The molecule has 0 N–H and O–H groups in total.